The molecular formula is C12H23NO3S. The molecule has 4 nitrogen and oxygen atoms in total. The molecule has 2 atom stereocenters. The van der Waals surface area contributed by atoms with E-state index in [2.05, 4.69) is 0 Å². The van der Waals surface area contributed by atoms with Crippen molar-refractivity contribution in [2.24, 2.45) is 11.7 Å². The highest BCUT2D eigenvalue weighted by atomic mass is 32.2. The molecule has 2 rings (SSSR count). The Kier molecular flexibility index (Phi) is 3.80. The van der Waals surface area contributed by atoms with Crippen molar-refractivity contribution in [3.63, 3.8) is 0 Å². The lowest BCUT2D eigenvalue weighted by molar-refractivity contribution is 0.0618. The van der Waals surface area contributed by atoms with E-state index in [4.69, 9.17) is 10.5 Å². The summed E-state index contributed by atoms with van der Waals surface area (Å²) in [5.74, 6) is 1.07. The molecule has 0 aromatic carbocycles. The minimum absolute atomic E-state index is 0.0966. The van der Waals surface area contributed by atoms with E-state index in [9.17, 15) is 8.42 Å². The molecule has 0 radical (unpaired) electrons. The summed E-state index contributed by atoms with van der Waals surface area (Å²) < 4.78 is 29.1. The van der Waals surface area contributed by atoms with Crippen LogP contribution in [-0.2, 0) is 14.6 Å². The predicted octanol–water partition coefficient (Wildman–Crippen LogP) is 1.10. The van der Waals surface area contributed by atoms with Gasteiger partial charge in [0.2, 0.25) is 0 Å². The average Bonchev–Trinajstić information content (AvgIpc) is 3.01. The van der Waals surface area contributed by atoms with Gasteiger partial charge in [0.1, 0.15) is 9.84 Å². The van der Waals surface area contributed by atoms with Gasteiger partial charge in [-0.15, -0.1) is 0 Å². The van der Waals surface area contributed by atoms with Gasteiger partial charge in [-0.05, 0) is 38.0 Å². The first-order valence-electron chi connectivity index (χ1n) is 6.58. The van der Waals surface area contributed by atoms with E-state index in [0.717, 1.165) is 6.42 Å². The summed E-state index contributed by atoms with van der Waals surface area (Å²) in [5.41, 5.74) is 5.96. The Bertz CT molecular complexity index is 364. The predicted molar refractivity (Wildman–Crippen MR) is 67.6 cm³/mol. The number of hydrogen-bond acceptors (Lipinski definition) is 4. The van der Waals surface area contributed by atoms with Gasteiger partial charge in [-0.1, -0.05) is 6.92 Å². The SMILES string of the molecule is CCCS(=O)(=O)CCC1(N)CCOC1C1CC1. The van der Waals surface area contributed by atoms with E-state index in [0.29, 0.717) is 25.4 Å². The molecule has 2 N–H and O–H groups in total. The number of ether oxygens (including phenoxy) is 1. The van der Waals surface area contributed by atoms with Crippen LogP contribution in [0.5, 0.6) is 0 Å². The lowest BCUT2D eigenvalue weighted by atomic mass is 9.87. The third-order valence-electron chi connectivity index (χ3n) is 3.88. The van der Waals surface area contributed by atoms with Gasteiger partial charge in [0.15, 0.2) is 0 Å². The Hall–Kier alpha value is -0.130. The lowest BCUT2D eigenvalue weighted by Gasteiger charge is -2.29. The zero-order valence-electron chi connectivity index (χ0n) is 10.5. The molecule has 2 unspecified atom stereocenters. The standard InChI is InChI=1S/C12H23NO3S/c1-2-8-17(14,15)9-6-12(13)5-7-16-11(12)10-3-4-10/h10-11H,2-9,13H2,1H3. The summed E-state index contributed by atoms with van der Waals surface area (Å²) >= 11 is 0. The maximum atomic E-state index is 11.7. The molecule has 0 aromatic heterocycles. The van der Waals surface area contributed by atoms with Gasteiger partial charge >= 0.3 is 0 Å². The smallest absolute Gasteiger partial charge is 0.150 e. The zero-order valence-corrected chi connectivity index (χ0v) is 11.3. The molecule has 1 aliphatic heterocycles. The molecule has 0 aromatic rings. The molecular weight excluding hydrogens is 238 g/mol. The van der Waals surface area contributed by atoms with Crippen LogP contribution >= 0.6 is 0 Å². The second-order valence-electron chi connectivity index (χ2n) is 5.51. The second kappa shape index (κ2) is 4.86. The van der Waals surface area contributed by atoms with Gasteiger partial charge in [0, 0.05) is 17.9 Å². The summed E-state index contributed by atoms with van der Waals surface area (Å²) in [6.07, 6.45) is 4.50. The Labute approximate surface area is 104 Å². The molecule has 1 aliphatic carbocycles. The highest BCUT2D eigenvalue weighted by Crippen LogP contribution is 2.43. The quantitative estimate of drug-likeness (QED) is 0.777. The molecule has 100 valence electrons. The van der Waals surface area contributed by atoms with Gasteiger partial charge in [0.25, 0.3) is 0 Å². The van der Waals surface area contributed by atoms with E-state index >= 15 is 0 Å². The monoisotopic (exact) mass is 261 g/mol. The Morgan fingerprint density at radius 2 is 2.06 bits per heavy atom. The molecule has 0 bridgehead atoms. The third kappa shape index (κ3) is 3.20. The average molecular weight is 261 g/mol. The van der Waals surface area contributed by atoms with Crippen molar-refractivity contribution in [1.82, 2.24) is 0 Å². The highest BCUT2D eigenvalue weighted by Gasteiger charge is 2.48. The number of rotatable bonds is 6. The topological polar surface area (TPSA) is 69.4 Å². The zero-order chi connectivity index (χ0) is 12.5. The fourth-order valence-electron chi connectivity index (χ4n) is 2.71. The van der Waals surface area contributed by atoms with E-state index in [1.165, 1.54) is 12.8 Å². The summed E-state index contributed by atoms with van der Waals surface area (Å²) in [5, 5.41) is 0. The van der Waals surface area contributed by atoms with Crippen molar-refractivity contribution in [2.45, 2.75) is 50.7 Å². The van der Waals surface area contributed by atoms with Crippen molar-refractivity contribution in [3.05, 3.63) is 0 Å². The van der Waals surface area contributed by atoms with Gasteiger partial charge < -0.3 is 10.5 Å². The molecule has 0 spiro atoms. The maximum absolute atomic E-state index is 11.7. The first-order valence-corrected chi connectivity index (χ1v) is 8.40. The molecule has 1 saturated carbocycles. The first kappa shape index (κ1) is 13.3. The minimum Gasteiger partial charge on any atom is -0.376 e. The first-order chi connectivity index (χ1) is 7.97. The van der Waals surface area contributed by atoms with Crippen molar-refractivity contribution in [1.29, 1.82) is 0 Å². The molecule has 17 heavy (non-hydrogen) atoms. The number of nitrogens with two attached hydrogens (primary N) is 1. The Morgan fingerprint density at radius 1 is 1.35 bits per heavy atom. The van der Waals surface area contributed by atoms with Crippen LogP contribution in [0, 0.1) is 5.92 Å². The fourth-order valence-corrected chi connectivity index (χ4v) is 4.23. The molecule has 0 amide bonds. The highest BCUT2D eigenvalue weighted by molar-refractivity contribution is 7.91. The molecule has 1 saturated heterocycles. The van der Waals surface area contributed by atoms with E-state index in [1.54, 1.807) is 0 Å². The van der Waals surface area contributed by atoms with Crippen LogP contribution in [0.2, 0.25) is 0 Å². The van der Waals surface area contributed by atoms with Crippen molar-refractivity contribution < 1.29 is 13.2 Å². The fraction of sp³-hybridized carbons (Fsp3) is 1.00. The van der Waals surface area contributed by atoms with Crippen LogP contribution in [0.3, 0.4) is 0 Å². The molecule has 2 fully saturated rings. The molecule has 5 heteroatoms. The van der Waals surface area contributed by atoms with Gasteiger partial charge in [0.05, 0.1) is 11.9 Å². The summed E-state index contributed by atoms with van der Waals surface area (Å²) in [6, 6.07) is 0. The summed E-state index contributed by atoms with van der Waals surface area (Å²) in [6.45, 7) is 2.58. The van der Waals surface area contributed by atoms with Crippen LogP contribution < -0.4 is 5.73 Å². The van der Waals surface area contributed by atoms with Crippen LogP contribution in [0.1, 0.15) is 39.0 Å². The minimum atomic E-state index is -2.92. The largest absolute Gasteiger partial charge is 0.376 e. The van der Waals surface area contributed by atoms with Crippen LogP contribution in [0.15, 0.2) is 0 Å². The summed E-state index contributed by atoms with van der Waals surface area (Å²) in [7, 11) is -2.92. The van der Waals surface area contributed by atoms with E-state index in [-0.39, 0.29) is 17.6 Å². The van der Waals surface area contributed by atoms with Crippen molar-refractivity contribution in [3.8, 4) is 0 Å². The van der Waals surface area contributed by atoms with Crippen LogP contribution in [0.25, 0.3) is 0 Å². The van der Waals surface area contributed by atoms with Gasteiger partial charge in [-0.25, -0.2) is 8.42 Å². The maximum Gasteiger partial charge on any atom is 0.150 e. The van der Waals surface area contributed by atoms with Crippen molar-refractivity contribution in [2.75, 3.05) is 18.1 Å². The van der Waals surface area contributed by atoms with Gasteiger partial charge in [-0.3, -0.25) is 0 Å². The number of hydrogen-bond donors (Lipinski definition) is 1. The van der Waals surface area contributed by atoms with Gasteiger partial charge in [-0.2, -0.15) is 0 Å². The Morgan fingerprint density at radius 3 is 2.65 bits per heavy atom. The number of sulfone groups is 1. The molecule has 1 heterocycles. The Balaban J connectivity index is 1.92. The van der Waals surface area contributed by atoms with Crippen molar-refractivity contribution >= 4 is 9.84 Å². The van der Waals surface area contributed by atoms with Crippen LogP contribution in [-0.4, -0.2) is 38.2 Å². The second-order valence-corrected chi connectivity index (χ2v) is 7.82. The molecule has 2 aliphatic rings. The van der Waals surface area contributed by atoms with E-state index < -0.39 is 15.4 Å². The third-order valence-corrected chi connectivity index (χ3v) is 5.73. The lowest BCUT2D eigenvalue weighted by Crippen LogP contribution is -2.49. The normalized spacial score (nSPS) is 34.1. The van der Waals surface area contributed by atoms with Crippen LogP contribution in [0.4, 0.5) is 0 Å². The van der Waals surface area contributed by atoms with E-state index in [1.807, 2.05) is 6.92 Å². The summed E-state index contributed by atoms with van der Waals surface area (Å²) in [4.78, 5) is 0.